The van der Waals surface area contributed by atoms with Gasteiger partial charge in [-0.05, 0) is 34.1 Å². The van der Waals surface area contributed by atoms with Gasteiger partial charge in [0.2, 0.25) is 5.91 Å². The molecule has 1 aromatic carbocycles. The van der Waals surface area contributed by atoms with Crippen LogP contribution in [0.15, 0.2) is 28.1 Å². The third kappa shape index (κ3) is 4.02. The SMILES string of the molecule is NC(=O)c1ccc(NCCc2nc(C(=O)O)cs2)c(Br)c1. The van der Waals surface area contributed by atoms with E-state index in [-0.39, 0.29) is 5.69 Å². The Kier molecular flexibility index (Phi) is 4.92. The van der Waals surface area contributed by atoms with Crippen molar-refractivity contribution in [3.8, 4) is 0 Å². The second-order valence-corrected chi connectivity index (χ2v) is 5.96. The lowest BCUT2D eigenvalue weighted by Crippen LogP contribution is -2.11. The maximum Gasteiger partial charge on any atom is 0.355 e. The van der Waals surface area contributed by atoms with E-state index >= 15 is 0 Å². The average Bonchev–Trinajstić information content (AvgIpc) is 2.89. The van der Waals surface area contributed by atoms with Gasteiger partial charge in [-0.1, -0.05) is 0 Å². The van der Waals surface area contributed by atoms with Crippen molar-refractivity contribution in [2.24, 2.45) is 5.73 Å². The van der Waals surface area contributed by atoms with E-state index in [0.717, 1.165) is 15.2 Å². The van der Waals surface area contributed by atoms with Gasteiger partial charge in [0.25, 0.3) is 0 Å². The fourth-order valence-electron chi connectivity index (χ4n) is 1.64. The molecule has 2 rings (SSSR count). The number of aromatic carboxylic acids is 1. The number of nitrogens with two attached hydrogens (primary N) is 1. The second kappa shape index (κ2) is 6.68. The molecule has 0 aliphatic rings. The number of nitrogens with zero attached hydrogens (tertiary/aromatic N) is 1. The first-order valence-corrected chi connectivity index (χ1v) is 7.65. The molecule has 0 aliphatic heterocycles. The molecule has 110 valence electrons. The molecule has 21 heavy (non-hydrogen) atoms. The fourth-order valence-corrected chi connectivity index (χ4v) is 2.93. The Morgan fingerprint density at radius 3 is 2.76 bits per heavy atom. The number of benzene rings is 1. The number of halogens is 1. The highest BCUT2D eigenvalue weighted by Gasteiger charge is 2.09. The lowest BCUT2D eigenvalue weighted by atomic mass is 10.2. The minimum absolute atomic E-state index is 0.0713. The predicted octanol–water partition coefficient (Wildman–Crippen LogP) is 2.36. The van der Waals surface area contributed by atoms with Crippen LogP contribution >= 0.6 is 27.3 Å². The summed E-state index contributed by atoms with van der Waals surface area (Å²) in [6, 6.07) is 5.05. The maximum absolute atomic E-state index is 11.0. The van der Waals surface area contributed by atoms with Gasteiger partial charge in [-0.25, -0.2) is 9.78 Å². The highest BCUT2D eigenvalue weighted by molar-refractivity contribution is 9.10. The molecule has 0 aliphatic carbocycles. The lowest BCUT2D eigenvalue weighted by molar-refractivity contribution is 0.0691. The number of anilines is 1. The summed E-state index contributed by atoms with van der Waals surface area (Å²) < 4.78 is 0.740. The summed E-state index contributed by atoms with van der Waals surface area (Å²) in [6.07, 6.45) is 0.613. The van der Waals surface area contributed by atoms with Crippen LogP contribution in [-0.4, -0.2) is 28.5 Å². The Labute approximate surface area is 133 Å². The molecule has 0 unspecified atom stereocenters. The Morgan fingerprint density at radius 1 is 1.43 bits per heavy atom. The second-order valence-electron chi connectivity index (χ2n) is 4.17. The quantitative estimate of drug-likeness (QED) is 0.724. The maximum atomic E-state index is 11.0. The van der Waals surface area contributed by atoms with Gasteiger partial charge in [-0.2, -0.15) is 0 Å². The van der Waals surface area contributed by atoms with E-state index in [4.69, 9.17) is 10.8 Å². The zero-order valence-electron chi connectivity index (χ0n) is 10.8. The summed E-state index contributed by atoms with van der Waals surface area (Å²) in [5.41, 5.74) is 6.53. The zero-order valence-corrected chi connectivity index (χ0v) is 13.2. The van der Waals surface area contributed by atoms with Crippen LogP contribution in [0.1, 0.15) is 25.9 Å². The Hall–Kier alpha value is -1.93. The van der Waals surface area contributed by atoms with Crippen molar-refractivity contribution in [2.45, 2.75) is 6.42 Å². The van der Waals surface area contributed by atoms with Gasteiger partial charge in [0, 0.05) is 34.1 Å². The fraction of sp³-hybridized carbons (Fsp3) is 0.154. The number of nitrogens with one attached hydrogen (secondary N) is 1. The molecule has 0 saturated carbocycles. The number of aromatic nitrogens is 1. The summed E-state index contributed by atoms with van der Waals surface area (Å²) in [7, 11) is 0. The summed E-state index contributed by atoms with van der Waals surface area (Å²) >= 11 is 4.68. The molecule has 0 atom stereocenters. The van der Waals surface area contributed by atoms with Gasteiger partial charge in [0.1, 0.15) is 0 Å². The van der Waals surface area contributed by atoms with Crippen LogP contribution in [0.4, 0.5) is 5.69 Å². The van der Waals surface area contributed by atoms with Crippen LogP contribution in [0.2, 0.25) is 0 Å². The topological polar surface area (TPSA) is 105 Å². The molecule has 1 amide bonds. The first-order chi connectivity index (χ1) is 9.97. The predicted molar refractivity (Wildman–Crippen MR) is 83.9 cm³/mol. The molecule has 4 N–H and O–H groups in total. The molecule has 0 fully saturated rings. The molecule has 0 bridgehead atoms. The Morgan fingerprint density at radius 2 is 2.19 bits per heavy atom. The molecule has 0 radical (unpaired) electrons. The Bertz CT molecular complexity index is 687. The van der Waals surface area contributed by atoms with Gasteiger partial charge >= 0.3 is 5.97 Å². The van der Waals surface area contributed by atoms with E-state index in [1.807, 2.05) is 0 Å². The number of carbonyl (C=O) groups is 2. The van der Waals surface area contributed by atoms with E-state index < -0.39 is 11.9 Å². The third-order valence-corrected chi connectivity index (χ3v) is 4.24. The number of hydrogen-bond acceptors (Lipinski definition) is 5. The number of thiazole rings is 1. The van der Waals surface area contributed by atoms with Crippen LogP contribution in [0, 0.1) is 0 Å². The van der Waals surface area contributed by atoms with E-state index in [1.54, 1.807) is 18.2 Å². The van der Waals surface area contributed by atoms with Crippen molar-refractivity contribution >= 4 is 44.8 Å². The van der Waals surface area contributed by atoms with Crippen LogP contribution in [0.3, 0.4) is 0 Å². The van der Waals surface area contributed by atoms with Crippen LogP contribution in [0.25, 0.3) is 0 Å². The van der Waals surface area contributed by atoms with Crippen molar-refractivity contribution in [1.82, 2.24) is 4.98 Å². The molecule has 2 aromatic rings. The highest BCUT2D eigenvalue weighted by Crippen LogP contribution is 2.23. The first kappa shape index (κ1) is 15.5. The molecule has 8 heteroatoms. The standard InChI is InChI=1S/C13H12BrN3O3S/c14-8-5-7(12(15)18)1-2-9(8)16-4-3-11-17-10(6-21-11)13(19)20/h1-2,5-6,16H,3-4H2,(H2,15,18)(H,19,20). The van der Waals surface area contributed by atoms with Gasteiger partial charge < -0.3 is 16.2 Å². The smallest absolute Gasteiger partial charge is 0.355 e. The van der Waals surface area contributed by atoms with E-state index in [0.29, 0.717) is 18.5 Å². The summed E-state index contributed by atoms with van der Waals surface area (Å²) in [5, 5.41) is 14.3. The average molecular weight is 370 g/mol. The van der Waals surface area contributed by atoms with Crippen molar-refractivity contribution in [3.63, 3.8) is 0 Å². The molecular formula is C13H12BrN3O3S. The largest absolute Gasteiger partial charge is 0.476 e. The molecule has 6 nitrogen and oxygen atoms in total. The highest BCUT2D eigenvalue weighted by atomic mass is 79.9. The number of carbonyl (C=O) groups excluding carboxylic acids is 1. The molecular weight excluding hydrogens is 358 g/mol. The summed E-state index contributed by atoms with van der Waals surface area (Å²) in [5.74, 6) is -1.50. The molecule has 0 spiro atoms. The summed E-state index contributed by atoms with van der Waals surface area (Å²) in [4.78, 5) is 25.8. The minimum atomic E-state index is -1.02. The number of amides is 1. The van der Waals surface area contributed by atoms with E-state index in [1.165, 1.54) is 16.7 Å². The van der Waals surface area contributed by atoms with Crippen LogP contribution < -0.4 is 11.1 Å². The van der Waals surface area contributed by atoms with E-state index in [2.05, 4.69) is 26.2 Å². The van der Waals surface area contributed by atoms with Crippen molar-refractivity contribution in [1.29, 1.82) is 0 Å². The minimum Gasteiger partial charge on any atom is -0.476 e. The Balaban J connectivity index is 1.93. The van der Waals surface area contributed by atoms with Gasteiger partial charge in [-0.3, -0.25) is 4.79 Å². The zero-order chi connectivity index (χ0) is 15.4. The van der Waals surface area contributed by atoms with Crippen LogP contribution in [-0.2, 0) is 6.42 Å². The van der Waals surface area contributed by atoms with Crippen LogP contribution in [0.5, 0.6) is 0 Å². The third-order valence-electron chi connectivity index (χ3n) is 2.68. The number of hydrogen-bond donors (Lipinski definition) is 3. The molecule has 0 saturated heterocycles. The van der Waals surface area contributed by atoms with Crippen molar-refractivity contribution in [3.05, 3.63) is 44.3 Å². The summed E-state index contributed by atoms with van der Waals surface area (Å²) in [6.45, 7) is 0.598. The van der Waals surface area contributed by atoms with E-state index in [9.17, 15) is 9.59 Å². The van der Waals surface area contributed by atoms with Gasteiger partial charge in [-0.15, -0.1) is 11.3 Å². The van der Waals surface area contributed by atoms with Crippen molar-refractivity contribution < 1.29 is 14.7 Å². The number of primary amides is 1. The molecule has 1 aromatic heterocycles. The molecule has 1 heterocycles. The number of carboxylic acid groups (broad SMARTS) is 1. The van der Waals surface area contributed by atoms with Gasteiger partial charge in [0.05, 0.1) is 5.01 Å². The lowest BCUT2D eigenvalue weighted by Gasteiger charge is -2.08. The normalized spacial score (nSPS) is 10.3. The monoisotopic (exact) mass is 369 g/mol. The first-order valence-electron chi connectivity index (χ1n) is 5.98. The van der Waals surface area contributed by atoms with Crippen molar-refractivity contribution in [2.75, 3.05) is 11.9 Å². The number of rotatable bonds is 6. The van der Waals surface area contributed by atoms with Gasteiger partial charge in [0.15, 0.2) is 5.69 Å². The number of carboxylic acids is 1.